The maximum Gasteiger partial charge on any atom is 0.0949 e. The van der Waals surface area contributed by atoms with Crippen molar-refractivity contribution in [2.75, 3.05) is 26.3 Å². The van der Waals surface area contributed by atoms with Crippen LogP contribution in [0, 0.1) is 0 Å². The van der Waals surface area contributed by atoms with Crippen LogP contribution in [0.2, 0.25) is 0 Å². The van der Waals surface area contributed by atoms with Crippen molar-refractivity contribution in [1.82, 2.24) is 9.80 Å². The molecule has 0 amide bonds. The predicted molar refractivity (Wildman–Crippen MR) is 57.9 cm³/mol. The Kier molecular flexibility index (Phi) is 5.27. The first-order chi connectivity index (χ1) is 7.65. The largest absolute Gasteiger partial charge is 0.394 e. The van der Waals surface area contributed by atoms with Crippen LogP contribution in [0.25, 0.3) is 0 Å². The third-order valence-electron chi connectivity index (χ3n) is 2.16. The van der Waals surface area contributed by atoms with Crippen LogP contribution in [0.15, 0.2) is 24.8 Å². The highest BCUT2D eigenvalue weighted by Gasteiger charge is 2.10. The normalized spacial score (nSPS) is 19.0. The van der Waals surface area contributed by atoms with Gasteiger partial charge in [0, 0.05) is 24.8 Å². The molecule has 1 aliphatic heterocycles. The standard InChI is InChI=1S/C10H18N2O4/c13-7-9(15)5-11-1-2-12(4-3-11)6-10(16)8-14/h1-4,9-10,13-16H,5-8H2. The second-order valence-electron chi connectivity index (χ2n) is 3.66. The van der Waals surface area contributed by atoms with Crippen molar-refractivity contribution in [3.63, 3.8) is 0 Å². The topological polar surface area (TPSA) is 87.4 Å². The summed E-state index contributed by atoms with van der Waals surface area (Å²) in [4.78, 5) is 3.45. The number of β-amino-alcohol motifs (C(OH)–C–C–N with tert-alkyl or cyclic N) is 2. The van der Waals surface area contributed by atoms with Crippen LogP contribution in [-0.2, 0) is 0 Å². The maximum absolute atomic E-state index is 9.21. The zero-order chi connectivity index (χ0) is 12.0. The van der Waals surface area contributed by atoms with E-state index in [1.54, 1.807) is 34.6 Å². The van der Waals surface area contributed by atoms with Gasteiger partial charge in [0.05, 0.1) is 38.5 Å². The van der Waals surface area contributed by atoms with Gasteiger partial charge >= 0.3 is 0 Å². The Balaban J connectivity index is 2.34. The fraction of sp³-hybridized carbons (Fsp3) is 0.600. The quantitative estimate of drug-likeness (QED) is 0.433. The highest BCUT2D eigenvalue weighted by atomic mass is 16.3. The van der Waals surface area contributed by atoms with Crippen LogP contribution in [0.4, 0.5) is 0 Å². The van der Waals surface area contributed by atoms with Gasteiger partial charge in [0.15, 0.2) is 0 Å². The molecule has 0 saturated heterocycles. The fourth-order valence-corrected chi connectivity index (χ4v) is 1.29. The van der Waals surface area contributed by atoms with E-state index in [0.29, 0.717) is 13.1 Å². The lowest BCUT2D eigenvalue weighted by Gasteiger charge is -2.27. The van der Waals surface area contributed by atoms with E-state index in [4.69, 9.17) is 10.2 Å². The van der Waals surface area contributed by atoms with E-state index < -0.39 is 12.2 Å². The second kappa shape index (κ2) is 6.49. The molecule has 0 spiro atoms. The van der Waals surface area contributed by atoms with E-state index >= 15 is 0 Å². The third-order valence-corrected chi connectivity index (χ3v) is 2.16. The zero-order valence-electron chi connectivity index (χ0n) is 8.98. The van der Waals surface area contributed by atoms with Crippen LogP contribution in [0.5, 0.6) is 0 Å². The molecule has 2 atom stereocenters. The van der Waals surface area contributed by atoms with Gasteiger partial charge < -0.3 is 30.2 Å². The lowest BCUT2D eigenvalue weighted by atomic mass is 10.3. The smallest absolute Gasteiger partial charge is 0.0949 e. The molecule has 0 aromatic heterocycles. The molecule has 0 aliphatic carbocycles. The number of aliphatic hydroxyl groups excluding tert-OH is 4. The molecule has 0 aromatic rings. The minimum Gasteiger partial charge on any atom is -0.394 e. The van der Waals surface area contributed by atoms with Crippen molar-refractivity contribution in [2.24, 2.45) is 0 Å². The summed E-state index contributed by atoms with van der Waals surface area (Å²) < 4.78 is 0. The molecule has 1 aliphatic rings. The number of aliphatic hydroxyl groups is 4. The first-order valence-corrected chi connectivity index (χ1v) is 5.11. The molecule has 2 unspecified atom stereocenters. The highest BCUT2D eigenvalue weighted by molar-refractivity contribution is 5.01. The molecule has 6 nitrogen and oxygen atoms in total. The highest BCUT2D eigenvalue weighted by Crippen LogP contribution is 2.06. The Morgan fingerprint density at radius 2 is 1.06 bits per heavy atom. The molecule has 16 heavy (non-hydrogen) atoms. The van der Waals surface area contributed by atoms with Gasteiger partial charge in [-0.25, -0.2) is 0 Å². The first-order valence-electron chi connectivity index (χ1n) is 5.11. The average Bonchev–Trinajstić information content (AvgIpc) is 2.31. The lowest BCUT2D eigenvalue weighted by molar-refractivity contribution is 0.0737. The summed E-state index contributed by atoms with van der Waals surface area (Å²) in [6, 6.07) is 0. The van der Waals surface area contributed by atoms with Crippen LogP contribution < -0.4 is 0 Å². The summed E-state index contributed by atoms with van der Waals surface area (Å²) in [5.41, 5.74) is 0. The fourth-order valence-electron chi connectivity index (χ4n) is 1.29. The van der Waals surface area contributed by atoms with Gasteiger partial charge in [-0.2, -0.15) is 0 Å². The lowest BCUT2D eigenvalue weighted by Crippen LogP contribution is -2.32. The van der Waals surface area contributed by atoms with Gasteiger partial charge in [-0.3, -0.25) is 0 Å². The Labute approximate surface area is 94.3 Å². The van der Waals surface area contributed by atoms with Crippen LogP contribution in [0.3, 0.4) is 0 Å². The van der Waals surface area contributed by atoms with Gasteiger partial charge in [0.25, 0.3) is 0 Å². The van der Waals surface area contributed by atoms with Crippen molar-refractivity contribution >= 4 is 0 Å². The van der Waals surface area contributed by atoms with E-state index in [1.807, 2.05) is 0 Å². The Bertz CT molecular complexity index is 219. The maximum atomic E-state index is 9.21. The summed E-state index contributed by atoms with van der Waals surface area (Å²) >= 11 is 0. The molecule has 0 saturated carbocycles. The van der Waals surface area contributed by atoms with Crippen LogP contribution in [0.1, 0.15) is 0 Å². The third kappa shape index (κ3) is 4.19. The van der Waals surface area contributed by atoms with E-state index in [-0.39, 0.29) is 13.2 Å². The van der Waals surface area contributed by atoms with Crippen molar-refractivity contribution in [2.45, 2.75) is 12.2 Å². The molecular weight excluding hydrogens is 212 g/mol. The second-order valence-corrected chi connectivity index (χ2v) is 3.66. The number of nitrogens with zero attached hydrogens (tertiary/aromatic N) is 2. The van der Waals surface area contributed by atoms with Gasteiger partial charge in [0.1, 0.15) is 0 Å². The molecular formula is C10H18N2O4. The van der Waals surface area contributed by atoms with Crippen molar-refractivity contribution in [3.8, 4) is 0 Å². The van der Waals surface area contributed by atoms with Gasteiger partial charge in [-0.1, -0.05) is 0 Å². The van der Waals surface area contributed by atoms with E-state index in [0.717, 1.165) is 0 Å². The molecule has 4 N–H and O–H groups in total. The molecule has 0 bridgehead atoms. The predicted octanol–water partition coefficient (Wildman–Crippen LogP) is -1.75. The monoisotopic (exact) mass is 230 g/mol. The molecule has 92 valence electrons. The van der Waals surface area contributed by atoms with Crippen molar-refractivity contribution in [3.05, 3.63) is 24.8 Å². The van der Waals surface area contributed by atoms with Gasteiger partial charge in [-0.15, -0.1) is 0 Å². The van der Waals surface area contributed by atoms with Gasteiger partial charge in [-0.05, 0) is 0 Å². The van der Waals surface area contributed by atoms with E-state index in [1.165, 1.54) is 0 Å². The number of hydrogen-bond donors (Lipinski definition) is 4. The van der Waals surface area contributed by atoms with Crippen molar-refractivity contribution < 1.29 is 20.4 Å². The molecule has 1 rings (SSSR count). The number of hydrogen-bond acceptors (Lipinski definition) is 6. The molecule has 6 heteroatoms. The van der Waals surface area contributed by atoms with Crippen LogP contribution >= 0.6 is 0 Å². The van der Waals surface area contributed by atoms with Crippen molar-refractivity contribution in [1.29, 1.82) is 0 Å². The molecule has 0 aromatic carbocycles. The van der Waals surface area contributed by atoms with Gasteiger partial charge in [0.2, 0.25) is 0 Å². The summed E-state index contributed by atoms with van der Waals surface area (Å²) in [6.45, 7) is 0.0933. The zero-order valence-corrected chi connectivity index (χ0v) is 8.98. The van der Waals surface area contributed by atoms with Crippen LogP contribution in [-0.4, -0.2) is 68.7 Å². The SMILES string of the molecule is OCC(O)CN1C=CN(CC(O)CO)C=C1. The molecule has 0 fully saturated rings. The summed E-state index contributed by atoms with van der Waals surface area (Å²) in [5.74, 6) is 0. The minimum absolute atomic E-state index is 0.273. The van der Waals surface area contributed by atoms with E-state index in [2.05, 4.69) is 0 Å². The Morgan fingerprint density at radius 3 is 1.31 bits per heavy atom. The summed E-state index contributed by atoms with van der Waals surface area (Å²) in [6.07, 6.45) is 5.35. The number of rotatable bonds is 6. The Hall–Kier alpha value is -1.08. The molecule has 1 heterocycles. The summed E-state index contributed by atoms with van der Waals surface area (Å²) in [7, 11) is 0. The Morgan fingerprint density at radius 1 is 0.750 bits per heavy atom. The van der Waals surface area contributed by atoms with E-state index in [9.17, 15) is 10.2 Å². The first kappa shape index (κ1) is 13.0. The minimum atomic E-state index is -0.774. The average molecular weight is 230 g/mol. The molecule has 0 radical (unpaired) electrons. The summed E-state index contributed by atoms with van der Waals surface area (Å²) in [5, 5.41) is 35.8.